The molecule has 0 aliphatic carbocycles. The number of anilines is 1. The van der Waals surface area contributed by atoms with Crippen LogP contribution < -0.4 is 5.32 Å². The van der Waals surface area contributed by atoms with E-state index in [9.17, 15) is 0 Å². The maximum atomic E-state index is 5.78. The monoisotopic (exact) mass is 295 g/mol. The molecule has 0 bridgehead atoms. The Morgan fingerprint density at radius 3 is 3.21 bits per heavy atom. The van der Waals surface area contributed by atoms with Gasteiger partial charge >= 0.3 is 0 Å². The lowest BCUT2D eigenvalue weighted by molar-refractivity contribution is 0.0698. The largest absolute Gasteiger partial charge is 0.369 e. The number of thiophene rings is 1. The second-order valence-corrected chi connectivity index (χ2v) is 6.48. The molecule has 1 aliphatic heterocycles. The molecule has 2 aromatic heterocycles. The fourth-order valence-electron chi connectivity index (χ4n) is 2.03. The fourth-order valence-corrected chi connectivity index (χ4v) is 3.64. The lowest BCUT2D eigenvalue weighted by Crippen LogP contribution is -2.18. The van der Waals surface area contributed by atoms with E-state index in [1.165, 1.54) is 0 Å². The summed E-state index contributed by atoms with van der Waals surface area (Å²) in [4.78, 5) is 10.4. The zero-order valence-electron chi connectivity index (χ0n) is 10.9. The number of fused-ring (bicyclic) bond motifs is 1. The molecule has 0 aromatic carbocycles. The third kappa shape index (κ3) is 2.85. The maximum Gasteiger partial charge on any atom is 0.162 e. The predicted octanol–water partition coefficient (Wildman–Crippen LogP) is 3.32. The molecular weight excluding hydrogens is 278 g/mol. The van der Waals surface area contributed by atoms with Crippen molar-refractivity contribution in [2.45, 2.75) is 19.4 Å². The molecule has 1 unspecified atom stereocenters. The van der Waals surface area contributed by atoms with Gasteiger partial charge < -0.3 is 10.1 Å². The highest BCUT2D eigenvalue weighted by Crippen LogP contribution is 2.30. The summed E-state index contributed by atoms with van der Waals surface area (Å²) in [6.07, 6.45) is 1.12. The van der Waals surface area contributed by atoms with E-state index in [0.717, 1.165) is 52.9 Å². The molecule has 3 rings (SSSR count). The molecule has 0 amide bonds. The van der Waals surface area contributed by atoms with Crippen LogP contribution in [0.5, 0.6) is 0 Å². The van der Waals surface area contributed by atoms with Crippen LogP contribution in [0.2, 0.25) is 0 Å². The highest BCUT2D eigenvalue weighted by atomic mass is 32.2. The Balaban J connectivity index is 1.95. The molecule has 0 saturated carbocycles. The van der Waals surface area contributed by atoms with Gasteiger partial charge in [0.05, 0.1) is 12.0 Å². The van der Waals surface area contributed by atoms with Crippen LogP contribution in [0.1, 0.15) is 25.3 Å². The lowest BCUT2D eigenvalue weighted by Gasteiger charge is -2.21. The van der Waals surface area contributed by atoms with Crippen LogP contribution in [0.25, 0.3) is 10.2 Å². The minimum absolute atomic E-state index is 0.0347. The highest BCUT2D eigenvalue weighted by molar-refractivity contribution is 7.99. The van der Waals surface area contributed by atoms with Crippen molar-refractivity contribution in [1.82, 2.24) is 9.97 Å². The summed E-state index contributed by atoms with van der Waals surface area (Å²) in [7, 11) is 0. The zero-order chi connectivity index (χ0) is 13.1. The number of rotatable bonds is 4. The van der Waals surface area contributed by atoms with E-state index in [1.54, 1.807) is 11.3 Å². The number of ether oxygens (including phenoxy) is 1. The van der Waals surface area contributed by atoms with Gasteiger partial charge in [-0.05, 0) is 17.9 Å². The topological polar surface area (TPSA) is 47.0 Å². The van der Waals surface area contributed by atoms with Crippen LogP contribution >= 0.6 is 23.1 Å². The van der Waals surface area contributed by atoms with E-state index in [-0.39, 0.29) is 6.10 Å². The Bertz CT molecular complexity index is 552. The van der Waals surface area contributed by atoms with Crippen molar-refractivity contribution >= 4 is 39.1 Å². The molecule has 0 radical (unpaired) electrons. The van der Waals surface area contributed by atoms with Gasteiger partial charge in [0, 0.05) is 18.1 Å². The molecule has 0 spiro atoms. The number of thioether (sulfide) groups is 1. The van der Waals surface area contributed by atoms with Crippen LogP contribution in [0.4, 0.5) is 5.82 Å². The molecule has 102 valence electrons. The second-order valence-electron chi connectivity index (χ2n) is 4.43. The van der Waals surface area contributed by atoms with E-state index >= 15 is 0 Å². The van der Waals surface area contributed by atoms with Crippen LogP contribution in [0.15, 0.2) is 11.4 Å². The minimum Gasteiger partial charge on any atom is -0.369 e. The lowest BCUT2D eigenvalue weighted by atomic mass is 10.3. The number of hydrogen-bond donors (Lipinski definition) is 1. The number of aromatic nitrogens is 2. The molecule has 2 aromatic rings. The summed E-state index contributed by atoms with van der Waals surface area (Å²) in [5.74, 6) is 3.78. The van der Waals surface area contributed by atoms with Gasteiger partial charge in [-0.15, -0.1) is 11.3 Å². The van der Waals surface area contributed by atoms with Crippen molar-refractivity contribution in [3.05, 3.63) is 17.3 Å². The Morgan fingerprint density at radius 2 is 2.42 bits per heavy atom. The first kappa shape index (κ1) is 13.1. The van der Waals surface area contributed by atoms with Crippen LogP contribution in [0, 0.1) is 0 Å². The van der Waals surface area contributed by atoms with Crippen molar-refractivity contribution in [1.29, 1.82) is 0 Å². The zero-order valence-corrected chi connectivity index (χ0v) is 12.5. The highest BCUT2D eigenvalue weighted by Gasteiger charge is 2.21. The van der Waals surface area contributed by atoms with Gasteiger partial charge in [-0.25, -0.2) is 9.97 Å². The molecule has 6 heteroatoms. The van der Waals surface area contributed by atoms with Crippen LogP contribution in [-0.4, -0.2) is 34.6 Å². The van der Waals surface area contributed by atoms with Gasteiger partial charge in [0.15, 0.2) is 5.82 Å². The molecule has 3 heterocycles. The van der Waals surface area contributed by atoms with Crippen LogP contribution in [-0.2, 0) is 4.74 Å². The summed E-state index contributed by atoms with van der Waals surface area (Å²) in [6, 6.07) is 2.08. The van der Waals surface area contributed by atoms with E-state index in [0.29, 0.717) is 0 Å². The summed E-state index contributed by atoms with van der Waals surface area (Å²) in [5.41, 5.74) is 0. The molecule has 1 atom stereocenters. The van der Waals surface area contributed by atoms with Gasteiger partial charge in [-0.3, -0.25) is 0 Å². The number of nitrogens with one attached hydrogen (secondary N) is 1. The first-order valence-corrected chi connectivity index (χ1v) is 8.60. The normalized spacial score (nSPS) is 19.7. The van der Waals surface area contributed by atoms with Gasteiger partial charge in [0.2, 0.25) is 0 Å². The third-order valence-electron chi connectivity index (χ3n) is 2.99. The van der Waals surface area contributed by atoms with Crippen molar-refractivity contribution in [2.24, 2.45) is 0 Å². The summed E-state index contributed by atoms with van der Waals surface area (Å²) in [6.45, 7) is 3.88. The summed E-state index contributed by atoms with van der Waals surface area (Å²) >= 11 is 3.57. The first-order valence-electron chi connectivity index (χ1n) is 6.57. The van der Waals surface area contributed by atoms with Crippen molar-refractivity contribution in [3.63, 3.8) is 0 Å². The minimum atomic E-state index is 0.0347. The van der Waals surface area contributed by atoms with Gasteiger partial charge in [0.25, 0.3) is 0 Å². The Kier molecular flexibility index (Phi) is 4.20. The predicted molar refractivity (Wildman–Crippen MR) is 82.2 cm³/mol. The van der Waals surface area contributed by atoms with Gasteiger partial charge in [0.1, 0.15) is 16.8 Å². The summed E-state index contributed by atoms with van der Waals surface area (Å²) in [5, 5.41) is 6.58. The van der Waals surface area contributed by atoms with Crippen molar-refractivity contribution in [3.8, 4) is 0 Å². The number of nitrogens with zero attached hydrogens (tertiary/aromatic N) is 2. The molecule has 1 aliphatic rings. The fraction of sp³-hybridized carbons (Fsp3) is 0.538. The Morgan fingerprint density at radius 1 is 1.47 bits per heavy atom. The molecule has 4 nitrogen and oxygen atoms in total. The van der Waals surface area contributed by atoms with Crippen molar-refractivity contribution in [2.75, 3.05) is 30.0 Å². The Labute approximate surface area is 121 Å². The SMILES string of the molecule is CCCNc1nc(C2CSCCO2)nc2sccc12. The third-order valence-corrected chi connectivity index (χ3v) is 4.79. The van der Waals surface area contributed by atoms with E-state index in [4.69, 9.17) is 4.74 Å². The second kappa shape index (κ2) is 6.07. The molecule has 1 fully saturated rings. The van der Waals surface area contributed by atoms with Gasteiger partial charge in [-0.2, -0.15) is 11.8 Å². The summed E-state index contributed by atoms with van der Waals surface area (Å²) < 4.78 is 5.78. The molecular formula is C13H17N3OS2. The quantitative estimate of drug-likeness (QED) is 0.937. The smallest absolute Gasteiger partial charge is 0.162 e. The number of hydrogen-bond acceptors (Lipinski definition) is 6. The van der Waals surface area contributed by atoms with Gasteiger partial charge in [-0.1, -0.05) is 6.92 Å². The Hall–Kier alpha value is -0.850. The molecule has 1 N–H and O–H groups in total. The molecule has 1 saturated heterocycles. The van der Waals surface area contributed by atoms with E-state index < -0.39 is 0 Å². The van der Waals surface area contributed by atoms with E-state index in [2.05, 4.69) is 33.7 Å². The average Bonchev–Trinajstić information content (AvgIpc) is 2.94. The average molecular weight is 295 g/mol. The van der Waals surface area contributed by atoms with Crippen molar-refractivity contribution < 1.29 is 4.74 Å². The molecule has 19 heavy (non-hydrogen) atoms. The maximum absolute atomic E-state index is 5.78. The van der Waals surface area contributed by atoms with E-state index in [1.807, 2.05) is 11.8 Å². The first-order chi connectivity index (χ1) is 9.38. The standard InChI is InChI=1S/C13H17N3OS2/c1-2-4-14-11-9-3-6-19-13(9)16-12(15-11)10-8-18-7-5-17-10/h3,6,10H,2,4-5,7-8H2,1H3,(H,14,15,16). The van der Waals surface area contributed by atoms with Crippen LogP contribution in [0.3, 0.4) is 0 Å².